The molecule has 1 aromatic carbocycles. The van der Waals surface area contributed by atoms with Crippen LogP contribution in [-0.2, 0) is 4.79 Å². The van der Waals surface area contributed by atoms with E-state index in [0.29, 0.717) is 30.8 Å². The molecular weight excluding hydrogens is 242 g/mol. The molecule has 1 rings (SSSR count). The van der Waals surface area contributed by atoms with Gasteiger partial charge in [0.2, 0.25) is 5.91 Å². The number of para-hydroxylation sites is 1. The Bertz CT molecular complexity index is 444. The summed E-state index contributed by atoms with van der Waals surface area (Å²) in [4.78, 5) is 23.7. The Hall–Kier alpha value is -1.88. The lowest BCUT2D eigenvalue weighted by Crippen LogP contribution is -2.30. The van der Waals surface area contributed by atoms with Crippen LogP contribution in [0.5, 0.6) is 0 Å². The van der Waals surface area contributed by atoms with Gasteiger partial charge in [-0.05, 0) is 18.1 Å². The second-order valence-corrected chi connectivity index (χ2v) is 4.74. The zero-order valence-electron chi connectivity index (χ0n) is 11.4. The highest BCUT2D eigenvalue weighted by atomic mass is 16.2. The Morgan fingerprint density at radius 1 is 1.26 bits per heavy atom. The number of hydrogen-bond donors (Lipinski definition) is 3. The first kappa shape index (κ1) is 15.2. The zero-order valence-corrected chi connectivity index (χ0v) is 11.4. The van der Waals surface area contributed by atoms with Gasteiger partial charge in [0.25, 0.3) is 5.91 Å². The molecule has 2 amide bonds. The maximum absolute atomic E-state index is 11.9. The number of rotatable bonds is 6. The van der Waals surface area contributed by atoms with Crippen LogP contribution in [0.25, 0.3) is 0 Å². The van der Waals surface area contributed by atoms with Gasteiger partial charge >= 0.3 is 0 Å². The molecule has 0 aromatic heterocycles. The molecule has 104 valence electrons. The number of carbonyl (C=O) groups is 2. The molecule has 0 fully saturated rings. The van der Waals surface area contributed by atoms with E-state index >= 15 is 0 Å². The zero-order chi connectivity index (χ0) is 14.3. The summed E-state index contributed by atoms with van der Waals surface area (Å²) < 4.78 is 0. The van der Waals surface area contributed by atoms with Crippen molar-refractivity contribution in [2.75, 3.05) is 18.4 Å². The fraction of sp³-hybridized carbons (Fsp3) is 0.429. The maximum Gasteiger partial charge on any atom is 0.253 e. The summed E-state index contributed by atoms with van der Waals surface area (Å²) in [6.07, 6.45) is 0.429. The van der Waals surface area contributed by atoms with Crippen LogP contribution in [0.3, 0.4) is 0 Å². The van der Waals surface area contributed by atoms with Crippen molar-refractivity contribution in [1.29, 1.82) is 0 Å². The van der Waals surface area contributed by atoms with Crippen LogP contribution in [0, 0.1) is 5.92 Å². The Balaban J connectivity index is 2.78. The number of carbonyl (C=O) groups excluding carboxylic acids is 2. The van der Waals surface area contributed by atoms with Gasteiger partial charge in [0.1, 0.15) is 0 Å². The lowest BCUT2D eigenvalue weighted by molar-refractivity contribution is -0.116. The Morgan fingerprint density at radius 2 is 1.95 bits per heavy atom. The molecular formula is C14H21N3O2. The van der Waals surface area contributed by atoms with Crippen LogP contribution in [0.1, 0.15) is 30.6 Å². The topological polar surface area (TPSA) is 84.2 Å². The molecule has 0 unspecified atom stereocenters. The van der Waals surface area contributed by atoms with Crippen molar-refractivity contribution in [2.45, 2.75) is 20.3 Å². The van der Waals surface area contributed by atoms with E-state index in [1.165, 1.54) is 0 Å². The first-order chi connectivity index (χ1) is 9.04. The average molecular weight is 263 g/mol. The van der Waals surface area contributed by atoms with Crippen molar-refractivity contribution in [3.63, 3.8) is 0 Å². The molecule has 0 aliphatic carbocycles. The Kier molecular flexibility index (Phi) is 6.02. The van der Waals surface area contributed by atoms with Crippen molar-refractivity contribution in [2.24, 2.45) is 11.7 Å². The normalized spacial score (nSPS) is 10.3. The summed E-state index contributed by atoms with van der Waals surface area (Å²) in [5.74, 6) is -0.0433. The van der Waals surface area contributed by atoms with Gasteiger partial charge in [0.05, 0.1) is 11.3 Å². The van der Waals surface area contributed by atoms with Crippen LogP contribution in [0.2, 0.25) is 0 Å². The highest BCUT2D eigenvalue weighted by Gasteiger charge is 2.13. The van der Waals surface area contributed by atoms with Crippen molar-refractivity contribution < 1.29 is 9.59 Å². The lowest BCUT2D eigenvalue weighted by atomic mass is 10.1. The van der Waals surface area contributed by atoms with Crippen LogP contribution in [-0.4, -0.2) is 24.9 Å². The van der Waals surface area contributed by atoms with Crippen LogP contribution in [0.4, 0.5) is 5.69 Å². The van der Waals surface area contributed by atoms with Crippen molar-refractivity contribution >= 4 is 17.5 Å². The molecule has 0 saturated carbocycles. The van der Waals surface area contributed by atoms with Gasteiger partial charge in [-0.1, -0.05) is 26.0 Å². The van der Waals surface area contributed by atoms with Gasteiger partial charge in [0.15, 0.2) is 0 Å². The number of benzene rings is 1. The molecule has 0 radical (unpaired) electrons. The van der Waals surface area contributed by atoms with E-state index < -0.39 is 0 Å². The minimum absolute atomic E-state index is 0.0888. The maximum atomic E-state index is 11.9. The van der Waals surface area contributed by atoms with Crippen molar-refractivity contribution in [1.82, 2.24) is 5.32 Å². The average Bonchev–Trinajstić information content (AvgIpc) is 2.35. The molecule has 0 aliphatic heterocycles. The van der Waals surface area contributed by atoms with E-state index in [9.17, 15) is 9.59 Å². The summed E-state index contributed by atoms with van der Waals surface area (Å²) >= 11 is 0. The number of amides is 2. The SMILES string of the molecule is CC(C)CC(=O)Nc1ccccc1C(=O)NCCN. The lowest BCUT2D eigenvalue weighted by Gasteiger charge is -2.12. The summed E-state index contributed by atoms with van der Waals surface area (Å²) in [5, 5.41) is 5.46. The third kappa shape index (κ3) is 5.09. The van der Waals surface area contributed by atoms with Gasteiger partial charge < -0.3 is 16.4 Å². The second-order valence-electron chi connectivity index (χ2n) is 4.74. The highest BCUT2D eigenvalue weighted by molar-refractivity contribution is 6.03. The predicted octanol–water partition coefficient (Wildman–Crippen LogP) is 1.36. The molecule has 0 atom stereocenters. The number of nitrogens with two attached hydrogens (primary N) is 1. The Labute approximate surface area is 113 Å². The molecule has 19 heavy (non-hydrogen) atoms. The third-order valence-electron chi connectivity index (χ3n) is 2.47. The second kappa shape index (κ2) is 7.53. The van der Waals surface area contributed by atoms with E-state index in [4.69, 9.17) is 5.73 Å². The fourth-order valence-corrected chi connectivity index (χ4v) is 1.64. The monoisotopic (exact) mass is 263 g/mol. The van der Waals surface area contributed by atoms with Crippen molar-refractivity contribution in [3.8, 4) is 0 Å². The first-order valence-corrected chi connectivity index (χ1v) is 6.41. The Morgan fingerprint density at radius 3 is 2.58 bits per heavy atom. The fourth-order valence-electron chi connectivity index (χ4n) is 1.64. The molecule has 0 heterocycles. The number of anilines is 1. The van der Waals surface area contributed by atoms with Gasteiger partial charge in [-0.3, -0.25) is 9.59 Å². The van der Waals surface area contributed by atoms with E-state index in [-0.39, 0.29) is 17.7 Å². The molecule has 0 aliphatic rings. The van der Waals surface area contributed by atoms with E-state index in [2.05, 4.69) is 10.6 Å². The highest BCUT2D eigenvalue weighted by Crippen LogP contribution is 2.15. The molecule has 5 nitrogen and oxygen atoms in total. The van der Waals surface area contributed by atoms with Gasteiger partial charge in [0, 0.05) is 19.5 Å². The minimum Gasteiger partial charge on any atom is -0.351 e. The molecule has 4 N–H and O–H groups in total. The summed E-state index contributed by atoms with van der Waals surface area (Å²) in [7, 11) is 0. The van der Waals surface area contributed by atoms with Crippen molar-refractivity contribution in [3.05, 3.63) is 29.8 Å². The molecule has 1 aromatic rings. The molecule has 0 bridgehead atoms. The van der Waals surface area contributed by atoms with Crippen LogP contribution in [0.15, 0.2) is 24.3 Å². The third-order valence-corrected chi connectivity index (χ3v) is 2.47. The van der Waals surface area contributed by atoms with E-state index in [0.717, 1.165) is 0 Å². The van der Waals surface area contributed by atoms with Gasteiger partial charge in [-0.25, -0.2) is 0 Å². The minimum atomic E-state index is -0.231. The molecule has 0 spiro atoms. The summed E-state index contributed by atoms with van der Waals surface area (Å²) in [6.45, 7) is 4.74. The van der Waals surface area contributed by atoms with Crippen LogP contribution < -0.4 is 16.4 Å². The van der Waals surface area contributed by atoms with E-state index in [1.807, 2.05) is 13.8 Å². The number of nitrogens with one attached hydrogen (secondary N) is 2. The van der Waals surface area contributed by atoms with Gasteiger partial charge in [-0.2, -0.15) is 0 Å². The van der Waals surface area contributed by atoms with E-state index in [1.54, 1.807) is 24.3 Å². The van der Waals surface area contributed by atoms with Gasteiger partial charge in [-0.15, -0.1) is 0 Å². The first-order valence-electron chi connectivity index (χ1n) is 6.41. The molecule has 5 heteroatoms. The smallest absolute Gasteiger partial charge is 0.253 e. The standard InChI is InChI=1S/C14H21N3O2/c1-10(2)9-13(18)17-12-6-4-3-5-11(12)14(19)16-8-7-15/h3-6,10H,7-9,15H2,1-2H3,(H,16,19)(H,17,18). The quantitative estimate of drug-likeness (QED) is 0.724. The van der Waals surface area contributed by atoms with Crippen LogP contribution >= 0.6 is 0 Å². The summed E-state index contributed by atoms with van der Waals surface area (Å²) in [6, 6.07) is 6.94. The summed E-state index contributed by atoms with van der Waals surface area (Å²) in [5.41, 5.74) is 6.33. The molecule has 0 saturated heterocycles. The number of hydrogen-bond acceptors (Lipinski definition) is 3. The largest absolute Gasteiger partial charge is 0.351 e. The predicted molar refractivity (Wildman–Crippen MR) is 75.9 cm³/mol.